The number of carboxylic acids is 1. The van der Waals surface area contributed by atoms with Crippen LogP contribution in [-0.4, -0.2) is 43.4 Å². The van der Waals surface area contributed by atoms with Crippen LogP contribution in [0.15, 0.2) is 0 Å². The van der Waals surface area contributed by atoms with Gasteiger partial charge in [-0.05, 0) is 37.5 Å². The maximum atomic E-state index is 11.6. The minimum atomic E-state index is -0.766. The first-order valence-electron chi connectivity index (χ1n) is 7.39. The Hall–Kier alpha value is -1.30. The van der Waals surface area contributed by atoms with E-state index in [1.165, 1.54) is 0 Å². The molecule has 6 heteroatoms. The highest BCUT2D eigenvalue weighted by atomic mass is 16.5. The quantitative estimate of drug-likeness (QED) is 0.632. The summed E-state index contributed by atoms with van der Waals surface area (Å²) in [5.74, 6) is -0.0422. The van der Waals surface area contributed by atoms with E-state index in [2.05, 4.69) is 10.6 Å². The van der Waals surface area contributed by atoms with Crippen molar-refractivity contribution in [2.24, 2.45) is 11.8 Å². The Morgan fingerprint density at radius 3 is 2.80 bits per heavy atom. The van der Waals surface area contributed by atoms with Crippen molar-refractivity contribution >= 4 is 12.0 Å². The van der Waals surface area contributed by atoms with Crippen LogP contribution in [0, 0.1) is 11.8 Å². The molecule has 0 aromatic rings. The minimum absolute atomic E-state index is 0.152. The average molecular weight is 286 g/mol. The van der Waals surface area contributed by atoms with Gasteiger partial charge in [0.1, 0.15) is 0 Å². The first kappa shape index (κ1) is 16.8. The number of carboxylic acid groups (broad SMARTS) is 1. The van der Waals surface area contributed by atoms with Crippen LogP contribution >= 0.6 is 0 Å². The van der Waals surface area contributed by atoms with Crippen LogP contribution in [0.3, 0.4) is 0 Å². The fraction of sp³-hybridized carbons (Fsp3) is 0.857. The van der Waals surface area contributed by atoms with E-state index >= 15 is 0 Å². The summed E-state index contributed by atoms with van der Waals surface area (Å²) in [5, 5.41) is 14.2. The number of urea groups is 1. The number of aliphatic carboxylic acids is 1. The lowest BCUT2D eigenvalue weighted by Gasteiger charge is -2.22. The van der Waals surface area contributed by atoms with Crippen molar-refractivity contribution in [3.05, 3.63) is 0 Å². The molecule has 6 nitrogen and oxygen atoms in total. The summed E-state index contributed by atoms with van der Waals surface area (Å²) in [5.41, 5.74) is 0. The van der Waals surface area contributed by atoms with Gasteiger partial charge in [-0.1, -0.05) is 6.92 Å². The normalized spacial score (nSPS) is 20.1. The zero-order chi connectivity index (χ0) is 14.8. The van der Waals surface area contributed by atoms with Crippen LogP contribution in [0.1, 0.15) is 39.0 Å². The van der Waals surface area contributed by atoms with Gasteiger partial charge < -0.3 is 20.5 Å². The standard InChI is InChI=1S/C14H26N2O4/c1-11(4-5-13(17)18)6-7-15-14(19)16-9-12-3-2-8-20-10-12/h11-12H,2-10H2,1H3,(H,17,18)(H2,15,16,19). The van der Waals surface area contributed by atoms with Crippen LogP contribution in [0.25, 0.3) is 0 Å². The number of nitrogens with one attached hydrogen (secondary N) is 2. The van der Waals surface area contributed by atoms with Crippen molar-refractivity contribution in [3.63, 3.8) is 0 Å². The van der Waals surface area contributed by atoms with Crippen LogP contribution in [0.4, 0.5) is 4.79 Å². The van der Waals surface area contributed by atoms with Crippen molar-refractivity contribution in [3.8, 4) is 0 Å². The lowest BCUT2D eigenvalue weighted by atomic mass is 10.0. The molecule has 0 aliphatic carbocycles. The number of rotatable bonds is 8. The zero-order valence-electron chi connectivity index (χ0n) is 12.2. The van der Waals surface area contributed by atoms with Gasteiger partial charge in [-0.3, -0.25) is 4.79 Å². The van der Waals surface area contributed by atoms with Crippen molar-refractivity contribution in [1.29, 1.82) is 0 Å². The van der Waals surface area contributed by atoms with Crippen LogP contribution in [-0.2, 0) is 9.53 Å². The van der Waals surface area contributed by atoms with Gasteiger partial charge in [-0.2, -0.15) is 0 Å². The van der Waals surface area contributed by atoms with E-state index in [0.29, 0.717) is 31.3 Å². The number of hydrogen-bond donors (Lipinski definition) is 3. The predicted molar refractivity (Wildman–Crippen MR) is 75.6 cm³/mol. The molecule has 1 heterocycles. The molecule has 0 aromatic heterocycles. The van der Waals surface area contributed by atoms with Gasteiger partial charge >= 0.3 is 12.0 Å². The molecule has 1 aliphatic heterocycles. The monoisotopic (exact) mass is 286 g/mol. The number of carbonyl (C=O) groups excluding carboxylic acids is 1. The Bertz CT molecular complexity index is 304. The third-order valence-corrected chi connectivity index (χ3v) is 3.58. The van der Waals surface area contributed by atoms with Gasteiger partial charge in [0.2, 0.25) is 0 Å². The van der Waals surface area contributed by atoms with E-state index in [-0.39, 0.29) is 12.5 Å². The molecule has 1 aliphatic rings. The summed E-state index contributed by atoms with van der Waals surface area (Å²) in [6.45, 7) is 4.79. The van der Waals surface area contributed by atoms with E-state index in [1.54, 1.807) is 0 Å². The fourth-order valence-corrected chi connectivity index (χ4v) is 2.21. The van der Waals surface area contributed by atoms with E-state index in [1.807, 2.05) is 6.92 Å². The van der Waals surface area contributed by atoms with E-state index in [9.17, 15) is 9.59 Å². The lowest BCUT2D eigenvalue weighted by Crippen LogP contribution is -2.40. The molecule has 0 bridgehead atoms. The Kier molecular flexibility index (Phi) is 8.02. The van der Waals surface area contributed by atoms with E-state index in [4.69, 9.17) is 9.84 Å². The van der Waals surface area contributed by atoms with Gasteiger partial charge in [0.05, 0.1) is 6.61 Å². The molecule has 2 amide bonds. The van der Waals surface area contributed by atoms with Gasteiger partial charge in [0, 0.05) is 26.1 Å². The van der Waals surface area contributed by atoms with Crippen LogP contribution in [0.2, 0.25) is 0 Å². The third-order valence-electron chi connectivity index (χ3n) is 3.58. The van der Waals surface area contributed by atoms with Gasteiger partial charge in [-0.25, -0.2) is 4.79 Å². The van der Waals surface area contributed by atoms with E-state index < -0.39 is 5.97 Å². The Morgan fingerprint density at radius 1 is 1.35 bits per heavy atom. The highest BCUT2D eigenvalue weighted by Gasteiger charge is 2.14. The van der Waals surface area contributed by atoms with Gasteiger partial charge in [-0.15, -0.1) is 0 Å². The Labute approximate surface area is 120 Å². The number of carbonyl (C=O) groups is 2. The molecular formula is C14H26N2O4. The second kappa shape index (κ2) is 9.58. The molecule has 0 radical (unpaired) electrons. The molecule has 1 fully saturated rings. The summed E-state index contributed by atoms with van der Waals surface area (Å²) < 4.78 is 5.35. The van der Waals surface area contributed by atoms with Crippen LogP contribution in [0.5, 0.6) is 0 Å². The summed E-state index contributed by atoms with van der Waals surface area (Å²) in [7, 11) is 0. The highest BCUT2D eigenvalue weighted by Crippen LogP contribution is 2.12. The Morgan fingerprint density at radius 2 is 2.15 bits per heavy atom. The molecule has 1 rings (SSSR count). The predicted octanol–water partition coefficient (Wildman–Crippen LogP) is 1.60. The molecule has 3 N–H and O–H groups in total. The summed E-state index contributed by atoms with van der Waals surface area (Å²) in [6, 6.07) is -0.152. The largest absolute Gasteiger partial charge is 0.481 e. The number of hydrogen-bond acceptors (Lipinski definition) is 3. The molecule has 0 spiro atoms. The lowest BCUT2D eigenvalue weighted by molar-refractivity contribution is -0.137. The topological polar surface area (TPSA) is 87.7 Å². The van der Waals surface area contributed by atoms with Gasteiger partial charge in [0.15, 0.2) is 0 Å². The number of ether oxygens (including phenoxy) is 1. The molecule has 20 heavy (non-hydrogen) atoms. The maximum Gasteiger partial charge on any atom is 0.314 e. The van der Waals surface area contributed by atoms with Crippen molar-refractivity contribution < 1.29 is 19.4 Å². The maximum absolute atomic E-state index is 11.6. The first-order valence-corrected chi connectivity index (χ1v) is 7.39. The van der Waals surface area contributed by atoms with Crippen molar-refractivity contribution in [2.75, 3.05) is 26.3 Å². The number of amides is 2. The molecule has 0 aromatic carbocycles. The second-order valence-electron chi connectivity index (χ2n) is 5.55. The Balaban J connectivity index is 2.00. The first-order chi connectivity index (χ1) is 9.58. The fourth-order valence-electron chi connectivity index (χ4n) is 2.21. The average Bonchev–Trinajstić information content (AvgIpc) is 2.44. The third kappa shape index (κ3) is 7.99. The smallest absolute Gasteiger partial charge is 0.314 e. The molecule has 2 atom stereocenters. The molecule has 0 saturated carbocycles. The van der Waals surface area contributed by atoms with Crippen LogP contribution < -0.4 is 10.6 Å². The van der Waals surface area contributed by atoms with Crippen molar-refractivity contribution in [2.45, 2.75) is 39.0 Å². The molecule has 1 saturated heterocycles. The summed E-state index contributed by atoms with van der Waals surface area (Å²) >= 11 is 0. The molecule has 2 unspecified atom stereocenters. The molecule has 116 valence electrons. The SMILES string of the molecule is CC(CCNC(=O)NCC1CCCOC1)CCC(=O)O. The summed E-state index contributed by atoms with van der Waals surface area (Å²) in [6.07, 6.45) is 3.81. The second-order valence-corrected chi connectivity index (χ2v) is 5.55. The summed E-state index contributed by atoms with van der Waals surface area (Å²) in [4.78, 5) is 22.0. The molecular weight excluding hydrogens is 260 g/mol. The minimum Gasteiger partial charge on any atom is -0.481 e. The zero-order valence-corrected chi connectivity index (χ0v) is 12.2. The van der Waals surface area contributed by atoms with E-state index in [0.717, 1.165) is 32.5 Å². The highest BCUT2D eigenvalue weighted by molar-refractivity contribution is 5.73. The van der Waals surface area contributed by atoms with Crippen molar-refractivity contribution in [1.82, 2.24) is 10.6 Å². The van der Waals surface area contributed by atoms with Gasteiger partial charge in [0.25, 0.3) is 0 Å².